The summed E-state index contributed by atoms with van der Waals surface area (Å²) in [6.07, 6.45) is 8.13. The van der Waals surface area contributed by atoms with Crippen LogP contribution in [0.3, 0.4) is 0 Å². The molecule has 0 saturated carbocycles. The molecule has 0 aliphatic carbocycles. The van der Waals surface area contributed by atoms with E-state index in [-0.39, 0.29) is 31.7 Å². The predicted octanol–water partition coefficient (Wildman–Crippen LogP) is 2.25. The maximum absolute atomic E-state index is 12.4. The molecule has 0 aromatic carbocycles. The number of pyridine rings is 1. The van der Waals surface area contributed by atoms with Crippen LogP contribution in [-0.2, 0) is 25.6 Å². The Morgan fingerprint density at radius 3 is 2.97 bits per heavy atom. The Morgan fingerprint density at radius 2 is 2.22 bits per heavy atom. The van der Waals surface area contributed by atoms with E-state index in [1.165, 1.54) is 11.0 Å². The molecule has 1 atom stereocenters. The lowest BCUT2D eigenvalue weighted by Crippen LogP contribution is -2.54. The number of carbonyl (C=O) groups excluding carboxylic acids is 3. The summed E-state index contributed by atoms with van der Waals surface area (Å²) in [5, 5.41) is 5.28. The third-order valence-electron chi connectivity index (χ3n) is 5.35. The highest BCUT2D eigenvalue weighted by molar-refractivity contribution is 8.03. The molecule has 1 fully saturated rings. The van der Waals surface area contributed by atoms with Crippen LogP contribution in [0.4, 0.5) is 10.6 Å². The number of thioether (sulfide) groups is 1. The first-order chi connectivity index (χ1) is 15.5. The largest absolute Gasteiger partial charge is 0.465 e. The van der Waals surface area contributed by atoms with Crippen molar-refractivity contribution in [2.75, 3.05) is 38.2 Å². The lowest BCUT2D eigenvalue weighted by Gasteiger charge is -2.38. The van der Waals surface area contributed by atoms with Crippen LogP contribution in [0.2, 0.25) is 0 Å². The number of fused-ring (bicyclic) bond motifs is 1. The Morgan fingerprint density at radius 1 is 1.38 bits per heavy atom. The third-order valence-corrected chi connectivity index (χ3v) is 6.41. The zero-order valence-corrected chi connectivity index (χ0v) is 18.7. The average molecular weight is 459 g/mol. The number of amides is 3. The fourth-order valence-corrected chi connectivity index (χ4v) is 4.40. The van der Waals surface area contributed by atoms with Gasteiger partial charge < -0.3 is 19.3 Å². The van der Waals surface area contributed by atoms with Crippen molar-refractivity contribution in [2.24, 2.45) is 0 Å². The third kappa shape index (κ3) is 5.49. The Balaban J connectivity index is 1.27. The first kappa shape index (κ1) is 22.3. The number of nitrogens with zero attached hydrogens (tertiary/aromatic N) is 3. The van der Waals surface area contributed by atoms with Gasteiger partial charge in [0.1, 0.15) is 12.4 Å². The molecule has 170 valence electrons. The summed E-state index contributed by atoms with van der Waals surface area (Å²) in [5.41, 5.74) is 1.50. The Bertz CT molecular complexity index is 936. The monoisotopic (exact) mass is 458 g/mol. The maximum Gasteiger partial charge on any atom is 0.325 e. The fraction of sp³-hybridized carbons (Fsp3) is 0.455. The van der Waals surface area contributed by atoms with Gasteiger partial charge in [0.2, 0.25) is 5.91 Å². The summed E-state index contributed by atoms with van der Waals surface area (Å²) in [6, 6.07) is 1.45. The first-order valence-electron chi connectivity index (χ1n) is 10.6. The van der Waals surface area contributed by atoms with Crippen LogP contribution in [0.15, 0.2) is 29.8 Å². The molecule has 4 heterocycles. The lowest BCUT2D eigenvalue weighted by molar-refractivity contribution is -0.143. The van der Waals surface area contributed by atoms with Gasteiger partial charge in [0.05, 0.1) is 25.9 Å². The van der Waals surface area contributed by atoms with Gasteiger partial charge in [-0.2, -0.15) is 0 Å². The molecule has 4 rings (SSSR count). The second-order valence-corrected chi connectivity index (χ2v) is 8.98. The number of hydrogen-bond donors (Lipinski definition) is 1. The number of carbonyl (C=O) groups is 3. The van der Waals surface area contributed by atoms with E-state index in [4.69, 9.17) is 9.47 Å². The molecule has 0 radical (unpaired) electrons. The van der Waals surface area contributed by atoms with E-state index in [1.807, 2.05) is 6.07 Å². The van der Waals surface area contributed by atoms with Crippen LogP contribution in [0.5, 0.6) is 0 Å². The zero-order valence-electron chi connectivity index (χ0n) is 17.9. The van der Waals surface area contributed by atoms with Gasteiger partial charge in [0.25, 0.3) is 0 Å². The first-order valence-corrected chi connectivity index (χ1v) is 11.6. The predicted molar refractivity (Wildman–Crippen MR) is 121 cm³/mol. The minimum Gasteiger partial charge on any atom is -0.465 e. The van der Waals surface area contributed by atoms with Crippen LogP contribution in [0.1, 0.15) is 24.5 Å². The number of urea groups is 1. The molecular formula is C22H26N4O5S. The van der Waals surface area contributed by atoms with Crippen molar-refractivity contribution in [3.05, 3.63) is 41.0 Å². The van der Waals surface area contributed by atoms with Crippen molar-refractivity contribution in [3.8, 4) is 0 Å². The van der Waals surface area contributed by atoms with Crippen molar-refractivity contribution in [3.63, 3.8) is 0 Å². The summed E-state index contributed by atoms with van der Waals surface area (Å²) in [6.45, 7) is 4.00. The molecule has 1 saturated heterocycles. The molecule has 32 heavy (non-hydrogen) atoms. The number of esters is 1. The molecule has 10 heteroatoms. The quantitative estimate of drug-likeness (QED) is 0.471. The maximum atomic E-state index is 12.4. The van der Waals surface area contributed by atoms with Gasteiger partial charge in [0.15, 0.2) is 0 Å². The molecule has 1 unspecified atom stereocenters. The highest BCUT2D eigenvalue weighted by Gasteiger charge is 2.31. The molecule has 1 aromatic rings. The lowest BCUT2D eigenvalue weighted by atomic mass is 10.1. The van der Waals surface area contributed by atoms with E-state index >= 15 is 0 Å². The van der Waals surface area contributed by atoms with E-state index in [0.29, 0.717) is 30.8 Å². The fourth-order valence-electron chi connectivity index (χ4n) is 3.58. The number of hydrogen-bond acceptors (Lipinski definition) is 7. The zero-order chi connectivity index (χ0) is 22.5. The molecule has 0 spiro atoms. The number of nitrogens with one attached hydrogen (secondary N) is 1. The van der Waals surface area contributed by atoms with Crippen molar-refractivity contribution in [1.29, 1.82) is 0 Å². The molecule has 1 N–H and O–H groups in total. The normalized spacial score (nSPS) is 20.3. The summed E-state index contributed by atoms with van der Waals surface area (Å²) >= 11 is 1.79. The summed E-state index contributed by atoms with van der Waals surface area (Å²) in [5.74, 6) is -0.0788. The molecule has 3 amide bonds. The summed E-state index contributed by atoms with van der Waals surface area (Å²) in [4.78, 5) is 43.6. The second kappa shape index (κ2) is 10.2. The molecule has 9 nitrogen and oxygen atoms in total. The van der Waals surface area contributed by atoms with Crippen molar-refractivity contribution in [2.45, 2.75) is 31.2 Å². The number of allylic oxidation sites excluding steroid dienone is 1. The van der Waals surface area contributed by atoms with E-state index in [0.717, 1.165) is 17.5 Å². The van der Waals surface area contributed by atoms with Gasteiger partial charge >= 0.3 is 12.0 Å². The van der Waals surface area contributed by atoms with Gasteiger partial charge in [-0.15, -0.1) is 11.8 Å². The molecule has 1 aromatic heterocycles. The van der Waals surface area contributed by atoms with Crippen LogP contribution in [-0.4, -0.2) is 76.9 Å². The van der Waals surface area contributed by atoms with E-state index < -0.39 is 12.0 Å². The van der Waals surface area contributed by atoms with Gasteiger partial charge in [-0.05, 0) is 36.5 Å². The topological polar surface area (TPSA) is 101 Å². The number of rotatable bonds is 8. The van der Waals surface area contributed by atoms with Gasteiger partial charge in [-0.3, -0.25) is 14.9 Å². The van der Waals surface area contributed by atoms with E-state index in [1.54, 1.807) is 35.9 Å². The standard InChI is InChI=1S/C22H26N4O5S/c1-2-30-20(28)13-26-10-16-8-15(9-23-21(16)24-22(26)29)5-6-19(27)25-11-17(12-25)31-14-18-4-3-7-32-18/h3,5-9,17-18H,2,4,10-14H2,1H3,(H,23,24,29)/b6-5+. The number of anilines is 1. The second-order valence-electron chi connectivity index (χ2n) is 7.77. The summed E-state index contributed by atoms with van der Waals surface area (Å²) in [7, 11) is 0. The smallest absolute Gasteiger partial charge is 0.325 e. The van der Waals surface area contributed by atoms with E-state index in [9.17, 15) is 14.4 Å². The molecular weight excluding hydrogens is 432 g/mol. The molecule has 3 aliphatic heterocycles. The van der Waals surface area contributed by atoms with Crippen molar-refractivity contribution < 1.29 is 23.9 Å². The Kier molecular flexibility index (Phi) is 7.11. The Hall–Kier alpha value is -2.85. The average Bonchev–Trinajstić information content (AvgIpc) is 3.25. The van der Waals surface area contributed by atoms with Crippen LogP contribution in [0.25, 0.3) is 6.08 Å². The highest BCUT2D eigenvalue weighted by Crippen LogP contribution is 2.25. The molecule has 0 bridgehead atoms. The SMILES string of the molecule is CCOC(=O)CN1Cc2cc(/C=C/C(=O)N3CC(OCC4CC=CS4)C3)cnc2NC1=O. The van der Waals surface area contributed by atoms with Crippen molar-refractivity contribution >= 4 is 41.6 Å². The van der Waals surface area contributed by atoms with Gasteiger partial charge in [0, 0.05) is 36.2 Å². The highest BCUT2D eigenvalue weighted by atomic mass is 32.2. The van der Waals surface area contributed by atoms with Gasteiger partial charge in [-0.1, -0.05) is 6.08 Å². The number of likely N-dealkylation sites (tertiary alicyclic amines) is 1. The minimum atomic E-state index is -0.462. The number of ether oxygens (including phenoxy) is 2. The van der Waals surface area contributed by atoms with E-state index in [2.05, 4.69) is 21.8 Å². The summed E-state index contributed by atoms with van der Waals surface area (Å²) < 4.78 is 10.8. The minimum absolute atomic E-state index is 0.0725. The van der Waals surface area contributed by atoms with Crippen LogP contribution in [0, 0.1) is 0 Å². The molecule has 3 aliphatic rings. The van der Waals surface area contributed by atoms with Crippen LogP contribution >= 0.6 is 11.8 Å². The van der Waals surface area contributed by atoms with Gasteiger partial charge in [-0.25, -0.2) is 9.78 Å². The van der Waals surface area contributed by atoms with Crippen LogP contribution < -0.4 is 5.32 Å². The van der Waals surface area contributed by atoms with Crippen molar-refractivity contribution in [1.82, 2.24) is 14.8 Å². The Labute approximate surface area is 190 Å². The number of aromatic nitrogens is 1.